The summed E-state index contributed by atoms with van der Waals surface area (Å²) < 4.78 is 12.2. The summed E-state index contributed by atoms with van der Waals surface area (Å²) in [6, 6.07) is 4.04. The number of ether oxygens (including phenoxy) is 2. The van der Waals surface area contributed by atoms with Crippen LogP contribution in [0.4, 0.5) is 0 Å². The van der Waals surface area contributed by atoms with Crippen LogP contribution < -0.4 is 14.8 Å². The van der Waals surface area contributed by atoms with Gasteiger partial charge in [-0.3, -0.25) is 0 Å². The second kappa shape index (κ2) is 10.9. The Morgan fingerprint density at radius 1 is 1.10 bits per heavy atom. The van der Waals surface area contributed by atoms with Crippen molar-refractivity contribution in [3.8, 4) is 11.5 Å². The number of halogens is 1. The molecule has 0 aliphatic carbocycles. The molecule has 0 radical (unpaired) electrons. The van der Waals surface area contributed by atoms with E-state index in [2.05, 4.69) is 34.2 Å². The molecule has 0 aromatic heterocycles. The van der Waals surface area contributed by atoms with Gasteiger partial charge in [0.25, 0.3) is 0 Å². The first-order chi connectivity index (χ1) is 10.2. The van der Waals surface area contributed by atoms with Crippen molar-refractivity contribution in [1.82, 2.24) is 5.32 Å². The van der Waals surface area contributed by atoms with E-state index in [9.17, 15) is 0 Å². The lowest BCUT2D eigenvalue weighted by molar-refractivity contribution is 0.306. The van der Waals surface area contributed by atoms with Gasteiger partial charge in [-0.2, -0.15) is 0 Å². The van der Waals surface area contributed by atoms with Crippen LogP contribution in [0.5, 0.6) is 11.5 Å². The second-order valence-corrected chi connectivity index (χ2v) is 6.04. The third kappa shape index (κ3) is 6.70. The summed E-state index contributed by atoms with van der Waals surface area (Å²) in [7, 11) is 1.68. The third-order valence-corrected chi connectivity index (χ3v) is 3.84. The van der Waals surface area contributed by atoms with E-state index in [0.717, 1.165) is 34.6 Å². The molecule has 0 aliphatic rings. The molecule has 0 heterocycles. The maximum Gasteiger partial charge on any atom is 0.165 e. The molecule has 1 rings (SSSR count). The monoisotopic (exact) mass is 357 g/mol. The largest absolute Gasteiger partial charge is 0.493 e. The topological polar surface area (TPSA) is 30.5 Å². The molecule has 3 nitrogen and oxygen atoms in total. The number of hydrogen-bond donors (Lipinski definition) is 1. The summed E-state index contributed by atoms with van der Waals surface area (Å²) in [4.78, 5) is 0. The Bertz CT molecular complexity index is 410. The lowest BCUT2D eigenvalue weighted by atomic mass is 10.1. The number of nitrogens with one attached hydrogen (secondary N) is 1. The van der Waals surface area contributed by atoms with Crippen molar-refractivity contribution in [2.75, 3.05) is 20.3 Å². The van der Waals surface area contributed by atoms with Crippen molar-refractivity contribution in [1.29, 1.82) is 0 Å². The lowest BCUT2D eigenvalue weighted by Crippen LogP contribution is -2.16. The minimum Gasteiger partial charge on any atom is -0.493 e. The minimum atomic E-state index is 0.641. The molecule has 1 aromatic carbocycles. The summed E-state index contributed by atoms with van der Waals surface area (Å²) in [5, 5.41) is 3.50. The first kappa shape index (κ1) is 18.3. The highest BCUT2D eigenvalue weighted by atomic mass is 79.9. The standard InChI is InChI=1S/C17H28BrNO2/c1-4-6-7-8-9-10-19-13-14-11-15(18)12-16(20-3)17(14)21-5-2/h11-12,19H,4-10,13H2,1-3H3. The van der Waals surface area contributed by atoms with Gasteiger partial charge in [-0.15, -0.1) is 0 Å². The molecule has 0 saturated carbocycles. The zero-order valence-electron chi connectivity index (χ0n) is 13.5. The molecule has 0 atom stereocenters. The van der Waals surface area contributed by atoms with E-state index in [0.29, 0.717) is 6.61 Å². The van der Waals surface area contributed by atoms with Crippen LogP contribution in [-0.2, 0) is 6.54 Å². The lowest BCUT2D eigenvalue weighted by Gasteiger charge is -2.15. The van der Waals surface area contributed by atoms with E-state index >= 15 is 0 Å². The SMILES string of the molecule is CCCCCCCNCc1cc(Br)cc(OC)c1OCC. The van der Waals surface area contributed by atoms with Crippen LogP contribution in [0, 0.1) is 0 Å². The van der Waals surface area contributed by atoms with Crippen LogP contribution in [0.2, 0.25) is 0 Å². The fraction of sp³-hybridized carbons (Fsp3) is 0.647. The van der Waals surface area contributed by atoms with Crippen molar-refractivity contribution in [2.45, 2.75) is 52.5 Å². The third-order valence-electron chi connectivity index (χ3n) is 3.38. The Morgan fingerprint density at radius 2 is 1.86 bits per heavy atom. The highest BCUT2D eigenvalue weighted by molar-refractivity contribution is 9.10. The van der Waals surface area contributed by atoms with Crippen molar-refractivity contribution in [3.05, 3.63) is 22.2 Å². The molecule has 0 fully saturated rings. The molecule has 0 amide bonds. The van der Waals surface area contributed by atoms with Gasteiger partial charge in [0, 0.05) is 16.6 Å². The first-order valence-electron chi connectivity index (χ1n) is 7.92. The summed E-state index contributed by atoms with van der Waals surface area (Å²) in [6.07, 6.45) is 6.52. The summed E-state index contributed by atoms with van der Waals surface area (Å²) in [6.45, 7) is 6.73. The molecule has 1 N–H and O–H groups in total. The molecule has 21 heavy (non-hydrogen) atoms. The van der Waals surface area contributed by atoms with Crippen LogP contribution in [0.3, 0.4) is 0 Å². The Morgan fingerprint density at radius 3 is 2.52 bits per heavy atom. The van der Waals surface area contributed by atoms with Gasteiger partial charge in [-0.05, 0) is 32.0 Å². The van der Waals surface area contributed by atoms with E-state index in [1.54, 1.807) is 7.11 Å². The van der Waals surface area contributed by atoms with Crippen LogP contribution in [0.1, 0.15) is 51.5 Å². The smallest absolute Gasteiger partial charge is 0.165 e. The van der Waals surface area contributed by atoms with E-state index in [1.165, 1.54) is 32.1 Å². The Labute approximate surface area is 137 Å². The molecule has 1 aromatic rings. The molecule has 0 aliphatic heterocycles. The maximum absolute atomic E-state index is 5.74. The normalized spacial score (nSPS) is 10.7. The first-order valence-corrected chi connectivity index (χ1v) is 8.72. The van der Waals surface area contributed by atoms with Crippen molar-refractivity contribution in [3.63, 3.8) is 0 Å². The molecule has 0 saturated heterocycles. The van der Waals surface area contributed by atoms with E-state index in [4.69, 9.17) is 9.47 Å². The Kier molecular flexibility index (Phi) is 9.51. The molecule has 0 unspecified atom stereocenters. The van der Waals surface area contributed by atoms with Gasteiger partial charge in [0.1, 0.15) is 0 Å². The molecular formula is C17H28BrNO2. The number of hydrogen-bond acceptors (Lipinski definition) is 3. The molecule has 4 heteroatoms. The fourth-order valence-corrected chi connectivity index (χ4v) is 2.77. The minimum absolute atomic E-state index is 0.641. The van der Waals surface area contributed by atoms with Gasteiger partial charge in [-0.25, -0.2) is 0 Å². The van der Waals surface area contributed by atoms with Gasteiger partial charge in [0.15, 0.2) is 11.5 Å². The quantitative estimate of drug-likeness (QED) is 0.570. The molecule has 0 spiro atoms. The molecule has 120 valence electrons. The highest BCUT2D eigenvalue weighted by Gasteiger charge is 2.12. The van der Waals surface area contributed by atoms with Crippen LogP contribution in [-0.4, -0.2) is 20.3 Å². The summed E-state index contributed by atoms with van der Waals surface area (Å²) in [5.41, 5.74) is 1.14. The second-order valence-electron chi connectivity index (χ2n) is 5.12. The highest BCUT2D eigenvalue weighted by Crippen LogP contribution is 2.34. The Balaban J connectivity index is 2.51. The van der Waals surface area contributed by atoms with E-state index in [1.807, 2.05) is 13.0 Å². The van der Waals surface area contributed by atoms with Crippen molar-refractivity contribution in [2.24, 2.45) is 0 Å². The van der Waals surface area contributed by atoms with Crippen molar-refractivity contribution >= 4 is 15.9 Å². The average molecular weight is 358 g/mol. The maximum atomic E-state index is 5.74. The zero-order valence-corrected chi connectivity index (χ0v) is 15.1. The Hall–Kier alpha value is -0.740. The average Bonchev–Trinajstić information content (AvgIpc) is 2.48. The fourth-order valence-electron chi connectivity index (χ4n) is 2.29. The number of methoxy groups -OCH3 is 1. The zero-order chi connectivity index (χ0) is 15.5. The van der Waals surface area contributed by atoms with E-state index < -0.39 is 0 Å². The summed E-state index contributed by atoms with van der Waals surface area (Å²) in [5.74, 6) is 1.63. The van der Waals surface area contributed by atoms with E-state index in [-0.39, 0.29) is 0 Å². The molecular weight excluding hydrogens is 330 g/mol. The predicted octanol–water partition coefficient (Wildman–Crippen LogP) is 4.92. The van der Waals surface area contributed by atoms with Crippen molar-refractivity contribution < 1.29 is 9.47 Å². The van der Waals surface area contributed by atoms with Gasteiger partial charge in [0.05, 0.1) is 13.7 Å². The summed E-state index contributed by atoms with van der Waals surface area (Å²) >= 11 is 3.53. The van der Waals surface area contributed by atoms with Gasteiger partial charge < -0.3 is 14.8 Å². The van der Waals surface area contributed by atoms with Crippen LogP contribution in [0.25, 0.3) is 0 Å². The number of benzene rings is 1. The van der Waals surface area contributed by atoms with Gasteiger partial charge in [-0.1, -0.05) is 48.5 Å². The number of unbranched alkanes of at least 4 members (excludes halogenated alkanes) is 4. The van der Waals surface area contributed by atoms with Crippen LogP contribution >= 0.6 is 15.9 Å². The predicted molar refractivity (Wildman–Crippen MR) is 92.3 cm³/mol. The van der Waals surface area contributed by atoms with Gasteiger partial charge in [0.2, 0.25) is 0 Å². The van der Waals surface area contributed by atoms with Gasteiger partial charge >= 0.3 is 0 Å². The van der Waals surface area contributed by atoms with Crippen LogP contribution in [0.15, 0.2) is 16.6 Å². The number of rotatable bonds is 11. The molecule has 0 bridgehead atoms.